The molecule has 0 bridgehead atoms. The Morgan fingerprint density at radius 1 is 1.47 bits per heavy atom. The first-order valence-electron chi connectivity index (χ1n) is 7.39. The lowest BCUT2D eigenvalue weighted by Gasteiger charge is -2.30. The molecule has 1 unspecified atom stereocenters. The fourth-order valence-electron chi connectivity index (χ4n) is 2.76. The molecular weight excluding hydrogens is 320 g/mol. The smallest absolute Gasteiger partial charge is 0.0329 e. The van der Waals surface area contributed by atoms with Crippen LogP contribution >= 0.6 is 27.3 Å². The Morgan fingerprint density at radius 2 is 2.32 bits per heavy atom. The van der Waals surface area contributed by atoms with Crippen LogP contribution in [0.3, 0.4) is 0 Å². The van der Waals surface area contributed by atoms with Crippen LogP contribution in [0.2, 0.25) is 0 Å². The quantitative estimate of drug-likeness (QED) is 0.832. The zero-order valence-corrected chi connectivity index (χ0v) is 14.4. The van der Waals surface area contributed by atoms with E-state index in [4.69, 9.17) is 0 Å². The van der Waals surface area contributed by atoms with Crippen molar-refractivity contribution in [1.29, 1.82) is 0 Å². The molecule has 1 atom stereocenters. The van der Waals surface area contributed by atoms with E-state index in [9.17, 15) is 0 Å². The summed E-state index contributed by atoms with van der Waals surface area (Å²) in [4.78, 5) is 5.48. The molecule has 0 amide bonds. The van der Waals surface area contributed by atoms with Crippen molar-refractivity contribution in [2.75, 3.05) is 19.6 Å². The number of rotatable bonds is 6. The van der Waals surface area contributed by atoms with E-state index in [1.165, 1.54) is 59.5 Å². The van der Waals surface area contributed by atoms with Crippen LogP contribution in [0.4, 0.5) is 0 Å². The van der Waals surface area contributed by atoms with Gasteiger partial charge in [0.15, 0.2) is 0 Å². The molecule has 0 radical (unpaired) electrons. The molecule has 1 N–H and O–H groups in total. The Labute approximate surface area is 129 Å². The zero-order chi connectivity index (χ0) is 13.7. The lowest BCUT2D eigenvalue weighted by Crippen LogP contribution is -2.43. The number of hydrogen-bond acceptors (Lipinski definition) is 3. The number of thiophene rings is 1. The van der Waals surface area contributed by atoms with Crippen LogP contribution in [0.25, 0.3) is 0 Å². The summed E-state index contributed by atoms with van der Waals surface area (Å²) in [6.07, 6.45) is 5.31. The number of aryl methyl sites for hydroxylation is 1. The van der Waals surface area contributed by atoms with E-state index in [2.05, 4.69) is 46.1 Å². The Hall–Kier alpha value is 0.1000. The molecule has 0 aliphatic carbocycles. The monoisotopic (exact) mass is 344 g/mol. The SMILES string of the molecule is CCCN(Cc1cc(Br)c(C)s1)CC1CCCCN1. The van der Waals surface area contributed by atoms with E-state index in [0.29, 0.717) is 6.04 Å². The van der Waals surface area contributed by atoms with Gasteiger partial charge in [0.25, 0.3) is 0 Å². The van der Waals surface area contributed by atoms with Gasteiger partial charge in [0.1, 0.15) is 0 Å². The number of hydrogen-bond donors (Lipinski definition) is 1. The van der Waals surface area contributed by atoms with E-state index in [0.717, 1.165) is 6.54 Å². The second kappa shape index (κ2) is 7.77. The van der Waals surface area contributed by atoms with Gasteiger partial charge >= 0.3 is 0 Å². The van der Waals surface area contributed by atoms with Crippen LogP contribution < -0.4 is 5.32 Å². The Bertz CT molecular complexity index is 366. The van der Waals surface area contributed by atoms with E-state index in [-0.39, 0.29) is 0 Å². The number of nitrogens with zero attached hydrogens (tertiary/aromatic N) is 1. The predicted molar refractivity (Wildman–Crippen MR) is 88.0 cm³/mol. The molecule has 4 heteroatoms. The highest BCUT2D eigenvalue weighted by Crippen LogP contribution is 2.27. The molecular formula is C15H25BrN2S. The Morgan fingerprint density at radius 3 is 2.89 bits per heavy atom. The number of halogens is 1. The topological polar surface area (TPSA) is 15.3 Å². The highest BCUT2D eigenvalue weighted by Gasteiger charge is 2.17. The summed E-state index contributed by atoms with van der Waals surface area (Å²) in [5.41, 5.74) is 0. The molecule has 1 aromatic heterocycles. The van der Waals surface area contributed by atoms with Crippen molar-refractivity contribution in [3.8, 4) is 0 Å². The van der Waals surface area contributed by atoms with Crippen LogP contribution in [0.5, 0.6) is 0 Å². The van der Waals surface area contributed by atoms with Crippen molar-refractivity contribution >= 4 is 27.3 Å². The molecule has 108 valence electrons. The van der Waals surface area contributed by atoms with Crippen LogP contribution in [-0.2, 0) is 6.54 Å². The third-order valence-electron chi connectivity index (χ3n) is 3.72. The lowest BCUT2D eigenvalue weighted by molar-refractivity contribution is 0.219. The first-order valence-corrected chi connectivity index (χ1v) is 9.00. The van der Waals surface area contributed by atoms with Crippen LogP contribution in [0.1, 0.15) is 42.4 Å². The average Bonchev–Trinajstić information content (AvgIpc) is 2.70. The molecule has 1 aliphatic heterocycles. The number of nitrogens with one attached hydrogen (secondary N) is 1. The van der Waals surface area contributed by atoms with E-state index < -0.39 is 0 Å². The molecule has 1 fully saturated rings. The summed E-state index contributed by atoms with van der Waals surface area (Å²) in [5.74, 6) is 0. The maximum Gasteiger partial charge on any atom is 0.0329 e. The first kappa shape index (κ1) is 15.5. The molecule has 2 heterocycles. The second-order valence-electron chi connectivity index (χ2n) is 5.50. The molecule has 0 saturated carbocycles. The van der Waals surface area contributed by atoms with Gasteiger partial charge in [-0.15, -0.1) is 11.3 Å². The summed E-state index contributed by atoms with van der Waals surface area (Å²) >= 11 is 5.54. The molecule has 1 saturated heterocycles. The maximum absolute atomic E-state index is 3.66. The van der Waals surface area contributed by atoms with Gasteiger partial charge in [-0.25, -0.2) is 0 Å². The zero-order valence-electron chi connectivity index (χ0n) is 12.0. The molecule has 1 aromatic rings. The van der Waals surface area contributed by atoms with Gasteiger partial charge in [-0.05, 0) is 61.3 Å². The van der Waals surface area contributed by atoms with Crippen LogP contribution in [0, 0.1) is 6.92 Å². The fourth-order valence-corrected chi connectivity index (χ4v) is 4.40. The van der Waals surface area contributed by atoms with Gasteiger partial charge in [0.2, 0.25) is 0 Å². The van der Waals surface area contributed by atoms with Gasteiger partial charge in [-0.3, -0.25) is 4.90 Å². The first-order chi connectivity index (χ1) is 9.19. The van der Waals surface area contributed by atoms with Gasteiger partial charge in [0.05, 0.1) is 0 Å². The van der Waals surface area contributed by atoms with E-state index in [1.807, 2.05) is 11.3 Å². The second-order valence-corrected chi connectivity index (χ2v) is 7.69. The summed E-state index contributed by atoms with van der Waals surface area (Å²) < 4.78 is 1.26. The molecule has 2 rings (SSSR count). The van der Waals surface area contributed by atoms with Crippen molar-refractivity contribution in [3.63, 3.8) is 0 Å². The molecule has 0 spiro atoms. The molecule has 2 nitrogen and oxygen atoms in total. The van der Waals surface area contributed by atoms with E-state index >= 15 is 0 Å². The minimum absolute atomic E-state index is 0.699. The summed E-state index contributed by atoms with van der Waals surface area (Å²) in [7, 11) is 0. The lowest BCUT2D eigenvalue weighted by atomic mass is 10.0. The normalized spacial score (nSPS) is 20.1. The van der Waals surface area contributed by atoms with Crippen LogP contribution in [-0.4, -0.2) is 30.6 Å². The highest BCUT2D eigenvalue weighted by atomic mass is 79.9. The summed E-state index contributed by atoms with van der Waals surface area (Å²) in [6, 6.07) is 2.99. The minimum Gasteiger partial charge on any atom is -0.313 e. The van der Waals surface area contributed by atoms with E-state index in [1.54, 1.807) is 0 Å². The van der Waals surface area contributed by atoms with Crippen molar-refractivity contribution in [2.24, 2.45) is 0 Å². The van der Waals surface area contributed by atoms with Gasteiger partial charge < -0.3 is 5.32 Å². The average molecular weight is 345 g/mol. The van der Waals surface area contributed by atoms with Crippen molar-refractivity contribution < 1.29 is 0 Å². The fraction of sp³-hybridized carbons (Fsp3) is 0.733. The standard InChI is InChI=1S/C15H25BrN2S/c1-3-8-18(10-13-6-4-5-7-17-13)11-14-9-15(16)12(2)19-14/h9,13,17H,3-8,10-11H2,1-2H3. The minimum atomic E-state index is 0.699. The maximum atomic E-state index is 3.66. The third-order valence-corrected chi connectivity index (χ3v) is 5.84. The van der Waals surface area contributed by atoms with Crippen molar-refractivity contribution in [3.05, 3.63) is 20.3 Å². The molecule has 19 heavy (non-hydrogen) atoms. The summed E-state index contributed by atoms with van der Waals surface area (Å²) in [6.45, 7) is 9.16. The predicted octanol–water partition coefficient (Wildman–Crippen LogP) is 4.17. The Kier molecular flexibility index (Phi) is 6.33. The Balaban J connectivity index is 1.91. The van der Waals surface area contributed by atoms with Crippen molar-refractivity contribution in [1.82, 2.24) is 10.2 Å². The third kappa shape index (κ3) is 4.85. The van der Waals surface area contributed by atoms with Gasteiger partial charge in [-0.2, -0.15) is 0 Å². The van der Waals surface area contributed by atoms with Gasteiger partial charge in [-0.1, -0.05) is 13.3 Å². The van der Waals surface area contributed by atoms with Crippen LogP contribution in [0.15, 0.2) is 10.5 Å². The largest absolute Gasteiger partial charge is 0.313 e. The number of piperidine rings is 1. The molecule has 1 aliphatic rings. The van der Waals surface area contributed by atoms with Gasteiger partial charge in [0, 0.05) is 33.4 Å². The van der Waals surface area contributed by atoms with Crippen molar-refractivity contribution in [2.45, 2.75) is 52.1 Å². The summed E-state index contributed by atoms with van der Waals surface area (Å²) in [5, 5.41) is 3.66. The molecule has 0 aromatic carbocycles. The highest BCUT2D eigenvalue weighted by molar-refractivity contribution is 9.10.